The highest BCUT2D eigenvalue weighted by Gasteiger charge is 2.29. The fraction of sp³-hybridized carbons (Fsp3) is 0.184. The summed E-state index contributed by atoms with van der Waals surface area (Å²) in [6.45, 7) is 26.3. The van der Waals surface area contributed by atoms with Crippen LogP contribution in [0.2, 0.25) is 0 Å². The van der Waals surface area contributed by atoms with Gasteiger partial charge in [-0.05, 0) is 116 Å². The van der Waals surface area contributed by atoms with Crippen molar-refractivity contribution in [2.75, 3.05) is 96.7 Å². The number of nitrogens with one attached hydrogen (secondary N) is 5. The van der Waals surface area contributed by atoms with Gasteiger partial charge in [0.2, 0.25) is 13.6 Å². The molecule has 10 aromatic carbocycles. The fourth-order valence-electron chi connectivity index (χ4n) is 11.9. The number of ether oxygens (including phenoxy) is 16. The molecule has 136 heavy (non-hydrogen) atoms. The fourth-order valence-corrected chi connectivity index (χ4v) is 11.9. The Hall–Kier alpha value is -17.5. The normalized spacial score (nSPS) is 10.7. The van der Waals surface area contributed by atoms with Crippen molar-refractivity contribution in [1.82, 2.24) is 16.0 Å². The second kappa shape index (κ2) is 53.6. The number of para-hydroxylation sites is 2. The van der Waals surface area contributed by atoms with Crippen LogP contribution in [0.15, 0.2) is 304 Å². The van der Waals surface area contributed by atoms with E-state index in [1.807, 2.05) is 182 Å². The van der Waals surface area contributed by atoms with Crippen molar-refractivity contribution in [2.24, 2.45) is 0 Å². The summed E-state index contributed by atoms with van der Waals surface area (Å²) < 4.78 is 84.1. The van der Waals surface area contributed by atoms with Crippen molar-refractivity contribution in [1.29, 1.82) is 0 Å². The largest absolute Gasteiger partial charge is 0.462 e. The molecule has 704 valence electrons. The molecule has 33 nitrogen and oxygen atoms in total. The maximum atomic E-state index is 12.9. The predicted molar refractivity (Wildman–Crippen MR) is 503 cm³/mol. The van der Waals surface area contributed by atoms with Gasteiger partial charge in [-0.1, -0.05) is 209 Å². The van der Waals surface area contributed by atoms with Crippen molar-refractivity contribution >= 4 is 83.6 Å². The Morgan fingerprint density at radius 3 is 0.949 bits per heavy atom. The van der Waals surface area contributed by atoms with E-state index in [2.05, 4.69) is 66.1 Å². The van der Waals surface area contributed by atoms with E-state index in [-0.39, 0.29) is 144 Å². The van der Waals surface area contributed by atoms with Crippen LogP contribution in [-0.2, 0) is 71.5 Å². The van der Waals surface area contributed by atoms with Gasteiger partial charge in [0.05, 0.1) is 37.6 Å². The van der Waals surface area contributed by atoms with Crippen LogP contribution < -0.4 is 64.5 Å². The van der Waals surface area contributed by atoms with Crippen molar-refractivity contribution in [2.45, 2.75) is 40.5 Å². The van der Waals surface area contributed by atoms with Crippen molar-refractivity contribution in [3.05, 3.63) is 304 Å². The molecule has 0 radical (unpaired) electrons. The summed E-state index contributed by atoms with van der Waals surface area (Å²) in [4.78, 5) is 143. The lowest BCUT2D eigenvalue weighted by Gasteiger charge is -2.17. The number of carbonyl (C=O) groups is 12. The molecular weight excluding hydrogens is 1760 g/mol. The molecule has 2 aliphatic heterocycles. The Balaban J connectivity index is 0.000000214. The van der Waals surface area contributed by atoms with E-state index in [4.69, 9.17) is 75.8 Å². The van der Waals surface area contributed by atoms with Crippen LogP contribution in [0.4, 0.5) is 35.3 Å². The number of anilines is 2. The van der Waals surface area contributed by atoms with Crippen LogP contribution in [0.1, 0.15) is 40.5 Å². The average molecular weight is 1850 g/mol. The quantitative estimate of drug-likeness (QED) is 0.00793. The SMILES string of the molecule is C=C(C)C(=O)OCCCC(=O)Oc1cc2c(cc1-c1cc3c(cc1OC(=O)NCCOC(=O)C(=C)C)OCO3)OCO2.C=C(C)C(=O)OCCNC(=O)Oc1ccc(-c2ccccc2)cc1-c1cc(-c2ccccc2)ccc1OC(=O)NCCOC(=O)C(=C)C.C=CC(=O)OCCOC(=O)Nc1ccccc1-c1ccccc1.C=CC(=O)OCCOC(=O)Nc1ccccc1-c1ccccc1. The second-order valence-corrected chi connectivity index (χ2v) is 28.8. The van der Waals surface area contributed by atoms with Gasteiger partial charge >= 0.3 is 72.3 Å². The lowest BCUT2D eigenvalue weighted by Crippen LogP contribution is -2.31. The highest BCUT2D eigenvalue weighted by Crippen LogP contribution is 2.50. The van der Waals surface area contributed by atoms with Gasteiger partial charge in [0.15, 0.2) is 23.0 Å². The molecule has 0 aliphatic carbocycles. The van der Waals surface area contributed by atoms with E-state index in [9.17, 15) is 57.5 Å². The first-order valence-corrected chi connectivity index (χ1v) is 42.1. The molecule has 0 aromatic heterocycles. The molecule has 10 aromatic rings. The first-order chi connectivity index (χ1) is 65.6. The zero-order valence-corrected chi connectivity index (χ0v) is 74.9. The van der Waals surface area contributed by atoms with E-state index in [0.717, 1.165) is 56.7 Å². The molecule has 0 unspecified atom stereocenters. The van der Waals surface area contributed by atoms with Gasteiger partial charge in [-0.3, -0.25) is 15.4 Å². The zero-order chi connectivity index (χ0) is 97.7. The molecule has 12 rings (SSSR count). The third kappa shape index (κ3) is 33.1. The van der Waals surface area contributed by atoms with Gasteiger partial charge in [-0.25, -0.2) is 52.7 Å². The highest BCUT2D eigenvalue weighted by atomic mass is 16.7. The number of fused-ring (bicyclic) bond motifs is 2. The van der Waals surface area contributed by atoms with Crippen molar-refractivity contribution in [3.8, 4) is 113 Å². The zero-order valence-electron chi connectivity index (χ0n) is 74.9. The molecular formula is C103H99N5O28. The lowest BCUT2D eigenvalue weighted by atomic mass is 9.94. The Kier molecular flexibility index (Phi) is 40.3. The molecule has 0 saturated heterocycles. The number of hydrogen-bond donors (Lipinski definition) is 5. The van der Waals surface area contributed by atoms with Crippen LogP contribution in [0.25, 0.3) is 66.8 Å². The molecule has 2 aliphatic rings. The molecule has 0 atom stereocenters. The number of hydrogen-bond acceptors (Lipinski definition) is 28. The van der Waals surface area contributed by atoms with Gasteiger partial charge in [-0.2, -0.15) is 0 Å². The number of rotatable bonds is 37. The molecule has 33 heteroatoms. The molecule has 5 amide bonds. The third-order valence-electron chi connectivity index (χ3n) is 18.5. The molecule has 0 spiro atoms. The molecule has 0 saturated carbocycles. The van der Waals surface area contributed by atoms with Crippen molar-refractivity contribution < 1.29 is 133 Å². The predicted octanol–water partition coefficient (Wildman–Crippen LogP) is 18.2. The van der Waals surface area contributed by atoms with Gasteiger partial charge < -0.3 is 91.7 Å². The number of carbonyl (C=O) groups excluding carboxylic acids is 12. The van der Waals surface area contributed by atoms with Gasteiger partial charge in [0, 0.05) is 86.4 Å². The second-order valence-electron chi connectivity index (χ2n) is 28.8. The van der Waals surface area contributed by atoms with E-state index in [0.29, 0.717) is 56.6 Å². The Bertz CT molecular complexity index is 5620. The van der Waals surface area contributed by atoms with Crippen LogP contribution >= 0.6 is 0 Å². The summed E-state index contributed by atoms with van der Waals surface area (Å²) in [5.41, 5.74) is 11.1. The van der Waals surface area contributed by atoms with Crippen molar-refractivity contribution in [3.63, 3.8) is 0 Å². The van der Waals surface area contributed by atoms with Gasteiger partial charge in [0.1, 0.15) is 69.2 Å². The summed E-state index contributed by atoms with van der Waals surface area (Å²) in [5, 5.41) is 13.0. The minimum absolute atomic E-state index is 0.00892. The highest BCUT2D eigenvalue weighted by molar-refractivity contribution is 5.95. The summed E-state index contributed by atoms with van der Waals surface area (Å²) in [6, 6.07) is 70.3. The summed E-state index contributed by atoms with van der Waals surface area (Å²) in [6.07, 6.45) is -1.35. The van der Waals surface area contributed by atoms with Crippen LogP contribution in [0.3, 0.4) is 0 Å². The Morgan fingerprint density at radius 1 is 0.294 bits per heavy atom. The summed E-state index contributed by atoms with van der Waals surface area (Å²) in [5.74, 6) is -2.00. The lowest BCUT2D eigenvalue weighted by molar-refractivity contribution is -0.141. The number of amides is 5. The molecule has 0 bridgehead atoms. The maximum absolute atomic E-state index is 12.9. The summed E-state index contributed by atoms with van der Waals surface area (Å²) in [7, 11) is 0. The van der Waals surface area contributed by atoms with Crippen LogP contribution in [0.5, 0.6) is 46.0 Å². The Morgan fingerprint density at radius 2 is 0.596 bits per heavy atom. The van der Waals surface area contributed by atoms with Gasteiger partial charge in [-0.15, -0.1) is 0 Å². The van der Waals surface area contributed by atoms with E-state index in [1.165, 1.54) is 39.8 Å². The summed E-state index contributed by atoms with van der Waals surface area (Å²) >= 11 is 0. The number of esters is 7. The minimum Gasteiger partial charge on any atom is -0.462 e. The first kappa shape index (κ1) is 102. The van der Waals surface area contributed by atoms with E-state index < -0.39 is 72.3 Å². The maximum Gasteiger partial charge on any atom is 0.412 e. The van der Waals surface area contributed by atoms with Crippen LogP contribution in [0, 0.1) is 0 Å². The molecule has 2 heterocycles. The smallest absolute Gasteiger partial charge is 0.412 e. The van der Waals surface area contributed by atoms with Crippen LogP contribution in [-0.4, -0.2) is 158 Å². The van der Waals surface area contributed by atoms with E-state index in [1.54, 1.807) is 36.4 Å². The minimum atomic E-state index is -0.843. The standard InChI is InChI=1S/C38H36N2O8.C29H29NO12.2C18H17NO4/c1-25(2)35(41)45-21-19-39-37(43)47-33-17-15-29(27-11-7-5-8-12-27)23-31(33)32-24-30(28-13-9-6-10-14-28)16-18-34(32)48-38(44)40-20-22-46-36(42)26(3)4;1-16(2)27(32)35-8-5-6-26(31)41-20-12-24-22(37-14-39-24)10-18(20)19-11-23-25(40-15-38-23)13-21(19)42-29(34)30-7-9-36-28(33)17(3)4;2*1-2-17(20)22-12-13-23-18(21)19-16-11-7-6-10-15(16)14-8-4-3-5-9-14/h5-18,23-24H,1,3,19-22H2,2,4H3,(H,39,43)(H,40,44);10-13H,1,3,5-9,14-15H2,2,4H3,(H,30,34);2*2-11H,1,12-13H2,(H,19,21). The first-order valence-electron chi connectivity index (χ1n) is 42.1. The van der Waals surface area contributed by atoms with Gasteiger partial charge in [0.25, 0.3) is 0 Å². The average Bonchev–Trinajstić information content (AvgIpc) is 1.64. The monoisotopic (exact) mass is 1850 g/mol. The molecule has 5 N–H and O–H groups in total. The molecule has 0 fully saturated rings. The third-order valence-corrected chi connectivity index (χ3v) is 18.5. The van der Waals surface area contributed by atoms with E-state index >= 15 is 0 Å². The Labute approximate surface area is 783 Å². The number of benzene rings is 10. The topological polar surface area (TPSA) is 413 Å².